The van der Waals surface area contributed by atoms with Crippen molar-refractivity contribution in [2.45, 2.75) is 19.4 Å². The number of benzene rings is 1. The minimum atomic E-state index is -0.504. The lowest BCUT2D eigenvalue weighted by Crippen LogP contribution is -2.50. The molecule has 142 valence electrons. The van der Waals surface area contributed by atoms with Crippen molar-refractivity contribution in [3.8, 4) is 11.4 Å². The zero-order valence-electron chi connectivity index (χ0n) is 14.5. The van der Waals surface area contributed by atoms with Crippen molar-refractivity contribution in [2.75, 3.05) is 26.8 Å². The minimum Gasteiger partial charge on any atom is -0.384 e. The fourth-order valence-electron chi connectivity index (χ4n) is 3.03. The van der Waals surface area contributed by atoms with E-state index in [1.165, 1.54) is 0 Å². The van der Waals surface area contributed by atoms with Gasteiger partial charge in [-0.15, -0.1) is 12.4 Å². The van der Waals surface area contributed by atoms with E-state index in [1.54, 1.807) is 19.2 Å². The number of hydrogen-bond acceptors (Lipinski definition) is 6. The van der Waals surface area contributed by atoms with Crippen molar-refractivity contribution >= 4 is 29.9 Å². The topological polar surface area (TPSA) is 89.3 Å². The largest absolute Gasteiger partial charge is 0.384 e. The number of methoxy groups -OCH3 is 1. The molecule has 0 unspecified atom stereocenters. The quantitative estimate of drug-likeness (QED) is 0.773. The van der Waals surface area contributed by atoms with Crippen LogP contribution in [-0.2, 0) is 16.1 Å². The van der Waals surface area contributed by atoms with E-state index in [0.717, 1.165) is 31.5 Å². The molecule has 1 aliphatic heterocycles. The van der Waals surface area contributed by atoms with E-state index in [-0.39, 0.29) is 24.9 Å². The molecule has 1 saturated heterocycles. The number of amides is 1. The van der Waals surface area contributed by atoms with Gasteiger partial charge in [0.05, 0.1) is 18.6 Å². The summed E-state index contributed by atoms with van der Waals surface area (Å²) in [5.74, 6) is 0.753. The Bertz CT molecular complexity index is 727. The van der Waals surface area contributed by atoms with Gasteiger partial charge in [0.15, 0.2) is 0 Å². The number of hydrogen-bond donors (Lipinski definition) is 2. The molecule has 2 heterocycles. The zero-order chi connectivity index (χ0) is 17.7. The summed E-state index contributed by atoms with van der Waals surface area (Å²) in [4.78, 5) is 17.0. The zero-order valence-corrected chi connectivity index (χ0v) is 16.0. The highest BCUT2D eigenvalue weighted by atomic mass is 35.5. The lowest BCUT2D eigenvalue weighted by Gasteiger charge is -2.35. The number of carbonyl (C=O) groups excluding carboxylic acids is 1. The maximum Gasteiger partial charge on any atom is 0.246 e. The third kappa shape index (κ3) is 4.73. The van der Waals surface area contributed by atoms with Gasteiger partial charge in [0.2, 0.25) is 17.6 Å². The molecule has 1 aliphatic rings. The predicted molar refractivity (Wildman–Crippen MR) is 100 cm³/mol. The Morgan fingerprint density at radius 2 is 2.19 bits per heavy atom. The van der Waals surface area contributed by atoms with Crippen molar-refractivity contribution in [1.82, 2.24) is 20.8 Å². The van der Waals surface area contributed by atoms with Gasteiger partial charge in [-0.1, -0.05) is 28.9 Å². The SMILES string of the molecule is COCC1(C(=O)NCc2nc(-c3cccc(Cl)c3)no2)CCNCC1.Cl. The van der Waals surface area contributed by atoms with Gasteiger partial charge in [-0.3, -0.25) is 4.79 Å². The van der Waals surface area contributed by atoms with Crippen molar-refractivity contribution in [1.29, 1.82) is 0 Å². The Morgan fingerprint density at radius 3 is 2.88 bits per heavy atom. The van der Waals surface area contributed by atoms with Crippen LogP contribution in [0.4, 0.5) is 0 Å². The van der Waals surface area contributed by atoms with Gasteiger partial charge in [0.25, 0.3) is 0 Å². The number of nitrogens with one attached hydrogen (secondary N) is 2. The van der Waals surface area contributed by atoms with Crippen LogP contribution in [0, 0.1) is 5.41 Å². The fourth-order valence-corrected chi connectivity index (χ4v) is 3.22. The van der Waals surface area contributed by atoms with Crippen LogP contribution in [-0.4, -0.2) is 42.9 Å². The summed E-state index contributed by atoms with van der Waals surface area (Å²) in [5.41, 5.74) is 0.263. The van der Waals surface area contributed by atoms with E-state index in [0.29, 0.717) is 23.3 Å². The standard InChI is InChI=1S/C17H21ClN4O3.ClH/c1-24-11-17(5-7-19-8-6-17)16(23)20-10-14-21-15(22-25-14)12-3-2-4-13(18)9-12;/h2-4,9,19H,5-8,10-11H2,1H3,(H,20,23);1H. The molecule has 1 amide bonds. The summed E-state index contributed by atoms with van der Waals surface area (Å²) >= 11 is 5.98. The van der Waals surface area contributed by atoms with Crippen molar-refractivity contribution in [2.24, 2.45) is 5.41 Å². The highest BCUT2D eigenvalue weighted by molar-refractivity contribution is 6.30. The fraction of sp³-hybridized carbons (Fsp3) is 0.471. The van der Waals surface area contributed by atoms with Gasteiger partial charge in [-0.25, -0.2) is 0 Å². The Balaban J connectivity index is 0.00000243. The smallest absolute Gasteiger partial charge is 0.246 e. The normalized spacial score (nSPS) is 15.9. The molecule has 1 fully saturated rings. The van der Waals surface area contributed by atoms with E-state index in [1.807, 2.05) is 12.1 Å². The molecule has 0 atom stereocenters. The van der Waals surface area contributed by atoms with Crippen LogP contribution in [0.3, 0.4) is 0 Å². The highest BCUT2D eigenvalue weighted by Crippen LogP contribution is 2.29. The van der Waals surface area contributed by atoms with E-state index >= 15 is 0 Å². The number of piperidine rings is 1. The molecule has 3 rings (SSSR count). The Morgan fingerprint density at radius 1 is 1.42 bits per heavy atom. The first-order valence-electron chi connectivity index (χ1n) is 8.19. The van der Waals surface area contributed by atoms with Crippen LogP contribution in [0.25, 0.3) is 11.4 Å². The molecule has 26 heavy (non-hydrogen) atoms. The average molecular weight is 401 g/mol. The first-order chi connectivity index (χ1) is 12.1. The molecule has 1 aromatic carbocycles. The van der Waals surface area contributed by atoms with Gasteiger partial charge < -0.3 is 19.9 Å². The number of nitrogens with zero attached hydrogens (tertiary/aromatic N) is 2. The Kier molecular flexibility index (Phi) is 7.40. The van der Waals surface area contributed by atoms with E-state index in [4.69, 9.17) is 20.9 Å². The molecule has 2 aromatic rings. The molecular weight excluding hydrogens is 379 g/mol. The number of halogens is 2. The van der Waals surface area contributed by atoms with Crippen LogP contribution in [0.2, 0.25) is 5.02 Å². The first-order valence-corrected chi connectivity index (χ1v) is 8.57. The monoisotopic (exact) mass is 400 g/mol. The molecule has 1 aromatic heterocycles. The van der Waals surface area contributed by atoms with Gasteiger partial charge >= 0.3 is 0 Å². The Labute approximate surface area is 163 Å². The van der Waals surface area contributed by atoms with E-state index in [2.05, 4.69) is 20.8 Å². The summed E-state index contributed by atoms with van der Waals surface area (Å²) < 4.78 is 10.5. The molecule has 0 bridgehead atoms. The molecule has 0 spiro atoms. The third-order valence-electron chi connectivity index (χ3n) is 4.41. The molecule has 7 nitrogen and oxygen atoms in total. The lowest BCUT2D eigenvalue weighted by molar-refractivity contribution is -0.136. The maximum atomic E-state index is 12.7. The molecule has 0 saturated carbocycles. The summed E-state index contributed by atoms with van der Waals surface area (Å²) in [6, 6.07) is 7.21. The predicted octanol–water partition coefficient (Wildman–Crippen LogP) is 2.44. The van der Waals surface area contributed by atoms with Crippen LogP contribution < -0.4 is 10.6 Å². The molecule has 0 aliphatic carbocycles. The van der Waals surface area contributed by atoms with Crippen LogP contribution >= 0.6 is 24.0 Å². The van der Waals surface area contributed by atoms with Crippen molar-refractivity contribution in [3.63, 3.8) is 0 Å². The van der Waals surface area contributed by atoms with E-state index < -0.39 is 5.41 Å². The molecule has 2 N–H and O–H groups in total. The summed E-state index contributed by atoms with van der Waals surface area (Å²) in [7, 11) is 1.62. The number of carbonyl (C=O) groups is 1. The lowest BCUT2D eigenvalue weighted by atomic mass is 9.78. The van der Waals surface area contributed by atoms with Gasteiger partial charge in [0.1, 0.15) is 0 Å². The first kappa shape index (κ1) is 20.6. The number of aromatic nitrogens is 2. The second-order valence-corrected chi connectivity index (χ2v) is 6.60. The van der Waals surface area contributed by atoms with Crippen LogP contribution in [0.15, 0.2) is 28.8 Å². The second-order valence-electron chi connectivity index (χ2n) is 6.17. The molecule has 0 radical (unpaired) electrons. The summed E-state index contributed by atoms with van der Waals surface area (Å²) in [6.07, 6.45) is 1.48. The second kappa shape index (κ2) is 9.32. The summed E-state index contributed by atoms with van der Waals surface area (Å²) in [6.45, 7) is 2.19. The van der Waals surface area contributed by atoms with Crippen LogP contribution in [0.5, 0.6) is 0 Å². The molecule has 9 heteroatoms. The molecular formula is C17H22Cl2N4O3. The van der Waals surface area contributed by atoms with Crippen LogP contribution in [0.1, 0.15) is 18.7 Å². The van der Waals surface area contributed by atoms with Crippen molar-refractivity contribution in [3.05, 3.63) is 35.2 Å². The number of rotatable bonds is 6. The highest BCUT2D eigenvalue weighted by Gasteiger charge is 2.39. The maximum absolute atomic E-state index is 12.7. The Hall–Kier alpha value is -1.67. The van der Waals surface area contributed by atoms with Gasteiger partial charge in [-0.2, -0.15) is 4.98 Å². The van der Waals surface area contributed by atoms with E-state index in [9.17, 15) is 4.79 Å². The van der Waals surface area contributed by atoms with Crippen molar-refractivity contribution < 1.29 is 14.1 Å². The number of ether oxygens (including phenoxy) is 1. The summed E-state index contributed by atoms with van der Waals surface area (Å²) in [5, 5.41) is 10.7. The van der Waals surface area contributed by atoms with Gasteiger partial charge in [0, 0.05) is 17.7 Å². The third-order valence-corrected chi connectivity index (χ3v) is 4.65. The average Bonchev–Trinajstić information content (AvgIpc) is 3.10. The van der Waals surface area contributed by atoms with Gasteiger partial charge in [-0.05, 0) is 38.1 Å². The minimum absolute atomic E-state index is 0.